The first-order valence-electron chi connectivity index (χ1n) is 7.96. The van der Waals surface area contributed by atoms with Gasteiger partial charge in [0.25, 0.3) is 0 Å². The molecule has 0 amide bonds. The van der Waals surface area contributed by atoms with Crippen molar-refractivity contribution in [3.05, 3.63) is 95.6 Å². The van der Waals surface area contributed by atoms with Crippen LogP contribution in [0.2, 0.25) is 0 Å². The van der Waals surface area contributed by atoms with Crippen molar-refractivity contribution in [1.29, 1.82) is 0 Å². The smallest absolute Gasteiger partial charge is 0.343 e. The van der Waals surface area contributed by atoms with Crippen LogP contribution in [0.5, 0.6) is 11.5 Å². The summed E-state index contributed by atoms with van der Waals surface area (Å²) in [5.74, 6) is -2.64. The minimum atomic E-state index is -1.25. The summed E-state index contributed by atoms with van der Waals surface area (Å²) in [4.78, 5) is 35.7. The van der Waals surface area contributed by atoms with E-state index in [1.165, 1.54) is 18.2 Å². The van der Waals surface area contributed by atoms with Crippen molar-refractivity contribution in [3.63, 3.8) is 0 Å². The van der Waals surface area contributed by atoms with Gasteiger partial charge in [-0.15, -0.1) is 0 Å². The van der Waals surface area contributed by atoms with E-state index in [0.29, 0.717) is 11.1 Å². The molecule has 27 heavy (non-hydrogen) atoms. The molecule has 0 saturated carbocycles. The molecule has 3 aromatic rings. The Morgan fingerprint density at radius 3 is 1.37 bits per heavy atom. The Balaban J connectivity index is 1.85. The molecule has 0 aromatic heterocycles. The van der Waals surface area contributed by atoms with Gasteiger partial charge < -0.3 is 14.6 Å². The molecule has 0 aliphatic carbocycles. The van der Waals surface area contributed by atoms with Gasteiger partial charge in [-0.25, -0.2) is 14.4 Å². The number of carbonyl (C=O) groups excluding carboxylic acids is 2. The zero-order chi connectivity index (χ0) is 19.2. The second-order valence-corrected chi connectivity index (χ2v) is 5.51. The average Bonchev–Trinajstić information content (AvgIpc) is 2.69. The highest BCUT2D eigenvalue weighted by molar-refractivity contribution is 5.94. The van der Waals surface area contributed by atoms with E-state index in [9.17, 15) is 19.5 Å². The number of carboxylic acid groups (broad SMARTS) is 1. The Morgan fingerprint density at radius 1 is 0.593 bits per heavy atom. The molecule has 0 unspecified atom stereocenters. The number of carbonyl (C=O) groups is 3. The number of rotatable bonds is 5. The van der Waals surface area contributed by atoms with Gasteiger partial charge in [-0.1, -0.05) is 36.4 Å². The minimum absolute atomic E-state index is 0.0420. The van der Waals surface area contributed by atoms with E-state index in [1.54, 1.807) is 60.7 Å². The van der Waals surface area contributed by atoms with E-state index in [2.05, 4.69) is 0 Å². The molecule has 0 saturated heterocycles. The molecule has 134 valence electrons. The minimum Gasteiger partial charge on any atom is -0.478 e. The SMILES string of the molecule is O=C(O)c1cc(OC(=O)c2ccccc2)cc(OC(=O)c2ccccc2)c1. The Morgan fingerprint density at radius 2 is 1.00 bits per heavy atom. The van der Waals surface area contributed by atoms with Crippen molar-refractivity contribution in [1.82, 2.24) is 0 Å². The second kappa shape index (κ2) is 7.97. The summed E-state index contributed by atoms with van der Waals surface area (Å²) in [6.07, 6.45) is 0. The lowest BCUT2D eigenvalue weighted by Crippen LogP contribution is -2.11. The Bertz CT molecular complexity index is 908. The third kappa shape index (κ3) is 4.58. The largest absolute Gasteiger partial charge is 0.478 e. The first-order chi connectivity index (χ1) is 13.0. The highest BCUT2D eigenvalue weighted by Crippen LogP contribution is 2.25. The van der Waals surface area contributed by atoms with Crippen LogP contribution in [0.3, 0.4) is 0 Å². The number of aromatic carboxylic acids is 1. The zero-order valence-corrected chi connectivity index (χ0v) is 14.0. The molecule has 3 rings (SSSR count). The molecule has 6 heteroatoms. The number of carboxylic acids is 1. The molecule has 0 heterocycles. The molecule has 6 nitrogen and oxygen atoms in total. The summed E-state index contributed by atoms with van der Waals surface area (Å²) >= 11 is 0. The Labute approximate surface area is 154 Å². The summed E-state index contributed by atoms with van der Waals surface area (Å²) in [6, 6.07) is 20.1. The number of esters is 2. The van der Waals surface area contributed by atoms with E-state index in [1.807, 2.05) is 0 Å². The first kappa shape index (κ1) is 17.9. The topological polar surface area (TPSA) is 89.9 Å². The lowest BCUT2D eigenvalue weighted by molar-refractivity contribution is 0.0680. The molecule has 0 bridgehead atoms. The van der Waals surface area contributed by atoms with Crippen LogP contribution < -0.4 is 9.47 Å². The lowest BCUT2D eigenvalue weighted by atomic mass is 10.2. The maximum atomic E-state index is 12.2. The van der Waals surface area contributed by atoms with Crippen LogP contribution in [-0.4, -0.2) is 23.0 Å². The fourth-order valence-corrected chi connectivity index (χ4v) is 2.29. The van der Waals surface area contributed by atoms with Gasteiger partial charge in [-0.2, -0.15) is 0 Å². The van der Waals surface area contributed by atoms with Crippen LogP contribution in [-0.2, 0) is 0 Å². The van der Waals surface area contributed by atoms with Crippen LogP contribution in [0.15, 0.2) is 78.9 Å². The van der Waals surface area contributed by atoms with Gasteiger partial charge >= 0.3 is 17.9 Å². The van der Waals surface area contributed by atoms with Gasteiger partial charge in [0, 0.05) is 6.07 Å². The number of benzene rings is 3. The summed E-state index contributed by atoms with van der Waals surface area (Å²) in [5, 5.41) is 9.26. The Kier molecular flexibility index (Phi) is 5.28. The molecule has 3 aromatic carbocycles. The highest BCUT2D eigenvalue weighted by atomic mass is 16.5. The molecule has 0 atom stereocenters. The number of hydrogen-bond acceptors (Lipinski definition) is 5. The van der Waals surface area contributed by atoms with Crippen LogP contribution in [0.4, 0.5) is 0 Å². The van der Waals surface area contributed by atoms with Crippen LogP contribution in [0.25, 0.3) is 0 Å². The normalized spacial score (nSPS) is 10.1. The Hall–Kier alpha value is -3.93. The van der Waals surface area contributed by atoms with Crippen molar-refractivity contribution in [3.8, 4) is 11.5 Å². The molecule has 0 aliphatic heterocycles. The van der Waals surface area contributed by atoms with Crippen molar-refractivity contribution in [2.24, 2.45) is 0 Å². The summed E-state index contributed by atoms with van der Waals surface area (Å²) in [5.41, 5.74) is 0.436. The van der Waals surface area contributed by atoms with Crippen molar-refractivity contribution >= 4 is 17.9 Å². The maximum absolute atomic E-state index is 12.2. The summed E-state index contributed by atoms with van der Waals surface area (Å²) in [6.45, 7) is 0. The average molecular weight is 362 g/mol. The molecular weight excluding hydrogens is 348 g/mol. The van der Waals surface area contributed by atoms with Crippen LogP contribution in [0.1, 0.15) is 31.1 Å². The standard InChI is InChI=1S/C21H14O6/c22-19(23)16-11-17(26-20(24)14-7-3-1-4-8-14)13-18(12-16)27-21(25)15-9-5-2-6-10-15/h1-13H,(H,22,23). The van der Waals surface area contributed by atoms with Gasteiger partial charge in [-0.05, 0) is 36.4 Å². The van der Waals surface area contributed by atoms with Crippen molar-refractivity contribution in [2.45, 2.75) is 0 Å². The van der Waals surface area contributed by atoms with E-state index < -0.39 is 17.9 Å². The second-order valence-electron chi connectivity index (χ2n) is 5.51. The predicted molar refractivity (Wildman–Crippen MR) is 96.2 cm³/mol. The van der Waals surface area contributed by atoms with E-state index >= 15 is 0 Å². The van der Waals surface area contributed by atoms with Crippen molar-refractivity contribution in [2.75, 3.05) is 0 Å². The zero-order valence-electron chi connectivity index (χ0n) is 14.0. The monoisotopic (exact) mass is 362 g/mol. The summed E-state index contributed by atoms with van der Waals surface area (Å²) in [7, 11) is 0. The van der Waals surface area contributed by atoms with Crippen LogP contribution >= 0.6 is 0 Å². The quantitative estimate of drug-likeness (QED) is 0.548. The van der Waals surface area contributed by atoms with E-state index in [4.69, 9.17) is 9.47 Å². The fraction of sp³-hybridized carbons (Fsp3) is 0. The van der Waals surface area contributed by atoms with Gasteiger partial charge in [0.1, 0.15) is 11.5 Å². The predicted octanol–water partition coefficient (Wildman–Crippen LogP) is 3.82. The van der Waals surface area contributed by atoms with Gasteiger partial charge in [0.2, 0.25) is 0 Å². The molecule has 1 N–H and O–H groups in total. The van der Waals surface area contributed by atoms with Gasteiger partial charge in [-0.3, -0.25) is 0 Å². The fourth-order valence-electron chi connectivity index (χ4n) is 2.29. The third-order valence-electron chi connectivity index (χ3n) is 3.57. The van der Waals surface area contributed by atoms with E-state index in [0.717, 1.165) is 0 Å². The number of hydrogen-bond donors (Lipinski definition) is 1. The van der Waals surface area contributed by atoms with Crippen molar-refractivity contribution < 1.29 is 29.0 Å². The number of ether oxygens (including phenoxy) is 2. The van der Waals surface area contributed by atoms with Crippen LogP contribution in [0, 0.1) is 0 Å². The lowest BCUT2D eigenvalue weighted by Gasteiger charge is -2.09. The summed E-state index contributed by atoms with van der Waals surface area (Å²) < 4.78 is 10.5. The van der Waals surface area contributed by atoms with Gasteiger partial charge in [0.15, 0.2) is 0 Å². The third-order valence-corrected chi connectivity index (χ3v) is 3.57. The molecule has 0 radical (unpaired) electrons. The first-order valence-corrected chi connectivity index (χ1v) is 7.96. The molecular formula is C21H14O6. The highest BCUT2D eigenvalue weighted by Gasteiger charge is 2.15. The van der Waals surface area contributed by atoms with Gasteiger partial charge in [0.05, 0.1) is 16.7 Å². The molecule has 0 aliphatic rings. The molecule has 0 fully saturated rings. The van der Waals surface area contributed by atoms with E-state index in [-0.39, 0.29) is 17.1 Å². The molecule has 0 spiro atoms. The maximum Gasteiger partial charge on any atom is 0.343 e.